The van der Waals surface area contributed by atoms with E-state index in [4.69, 9.17) is 21.3 Å². The standard InChI is InChI=1S/C21H17ClN2O/c22-17-12-10-16(11-13-17)21-23-19-8-4-5-9-20(19)24(21)14-15-25-18-6-2-1-3-7-18/h1-13H,14-15H2. The van der Waals surface area contributed by atoms with Crippen LogP contribution in [0.15, 0.2) is 78.9 Å². The van der Waals surface area contributed by atoms with E-state index in [1.54, 1.807) is 0 Å². The molecule has 1 heterocycles. The van der Waals surface area contributed by atoms with E-state index in [9.17, 15) is 0 Å². The van der Waals surface area contributed by atoms with Crippen molar-refractivity contribution in [3.05, 3.63) is 83.9 Å². The van der Waals surface area contributed by atoms with E-state index < -0.39 is 0 Å². The van der Waals surface area contributed by atoms with Crippen LogP contribution in [-0.4, -0.2) is 16.2 Å². The minimum absolute atomic E-state index is 0.574. The Balaban J connectivity index is 1.66. The zero-order valence-corrected chi connectivity index (χ0v) is 14.4. The summed E-state index contributed by atoms with van der Waals surface area (Å²) in [5.74, 6) is 1.80. The van der Waals surface area contributed by atoms with Crippen molar-refractivity contribution in [1.29, 1.82) is 0 Å². The van der Waals surface area contributed by atoms with Crippen molar-refractivity contribution in [1.82, 2.24) is 9.55 Å². The van der Waals surface area contributed by atoms with Crippen molar-refractivity contribution >= 4 is 22.6 Å². The second-order valence-corrected chi connectivity index (χ2v) is 6.18. The third-order valence-corrected chi connectivity index (χ3v) is 4.34. The average Bonchev–Trinajstić information content (AvgIpc) is 3.02. The number of imidazole rings is 1. The largest absolute Gasteiger partial charge is 0.492 e. The Hall–Kier alpha value is -2.78. The quantitative estimate of drug-likeness (QED) is 0.480. The number of para-hydroxylation sites is 3. The van der Waals surface area contributed by atoms with E-state index in [2.05, 4.69) is 10.6 Å². The molecule has 0 spiro atoms. The van der Waals surface area contributed by atoms with Gasteiger partial charge >= 0.3 is 0 Å². The number of benzene rings is 3. The zero-order chi connectivity index (χ0) is 17.1. The third-order valence-electron chi connectivity index (χ3n) is 4.08. The summed E-state index contributed by atoms with van der Waals surface area (Å²) in [6.07, 6.45) is 0. The van der Waals surface area contributed by atoms with Crippen molar-refractivity contribution < 1.29 is 4.74 Å². The number of fused-ring (bicyclic) bond motifs is 1. The fourth-order valence-electron chi connectivity index (χ4n) is 2.89. The maximum Gasteiger partial charge on any atom is 0.141 e. The van der Waals surface area contributed by atoms with Crippen molar-refractivity contribution in [3.63, 3.8) is 0 Å². The van der Waals surface area contributed by atoms with Crippen molar-refractivity contribution in [2.45, 2.75) is 6.54 Å². The Morgan fingerprint density at radius 1 is 0.840 bits per heavy atom. The van der Waals surface area contributed by atoms with Crippen LogP contribution in [0.4, 0.5) is 0 Å². The highest BCUT2D eigenvalue weighted by molar-refractivity contribution is 6.30. The summed E-state index contributed by atoms with van der Waals surface area (Å²) in [6, 6.07) is 25.8. The first-order valence-corrected chi connectivity index (χ1v) is 8.58. The van der Waals surface area contributed by atoms with Crippen molar-refractivity contribution in [2.24, 2.45) is 0 Å². The monoisotopic (exact) mass is 348 g/mol. The molecule has 0 aliphatic heterocycles. The molecule has 4 rings (SSSR count). The van der Waals surface area contributed by atoms with Gasteiger partial charge in [-0.05, 0) is 48.5 Å². The summed E-state index contributed by atoms with van der Waals surface area (Å²) >= 11 is 6.02. The second kappa shape index (κ2) is 6.99. The molecule has 0 N–H and O–H groups in total. The molecule has 0 amide bonds. The summed E-state index contributed by atoms with van der Waals surface area (Å²) < 4.78 is 8.06. The van der Waals surface area contributed by atoms with E-state index in [-0.39, 0.29) is 0 Å². The predicted octanol–water partition coefficient (Wildman–Crippen LogP) is 5.44. The molecule has 1 aromatic heterocycles. The van der Waals surface area contributed by atoms with Crippen LogP contribution in [0.25, 0.3) is 22.4 Å². The summed E-state index contributed by atoms with van der Waals surface area (Å²) in [5.41, 5.74) is 3.12. The van der Waals surface area contributed by atoms with E-state index >= 15 is 0 Å². The molecule has 3 aromatic carbocycles. The fraction of sp³-hybridized carbons (Fsp3) is 0.0952. The molecule has 0 saturated carbocycles. The Bertz CT molecular complexity index is 978. The van der Waals surface area contributed by atoms with E-state index in [0.717, 1.165) is 33.2 Å². The van der Waals surface area contributed by atoms with Crippen LogP contribution in [0.5, 0.6) is 5.75 Å². The van der Waals surface area contributed by atoms with Gasteiger partial charge in [-0.15, -0.1) is 0 Å². The fourth-order valence-corrected chi connectivity index (χ4v) is 3.02. The number of aromatic nitrogens is 2. The first kappa shape index (κ1) is 15.7. The maximum absolute atomic E-state index is 6.02. The molecule has 0 bridgehead atoms. The Kier molecular flexibility index (Phi) is 4.40. The highest BCUT2D eigenvalue weighted by Gasteiger charge is 2.12. The van der Waals surface area contributed by atoms with Crippen LogP contribution >= 0.6 is 11.6 Å². The number of hydrogen-bond acceptors (Lipinski definition) is 2. The lowest BCUT2D eigenvalue weighted by Gasteiger charge is -2.11. The molecule has 0 saturated heterocycles. The van der Waals surface area contributed by atoms with Gasteiger partial charge in [0.25, 0.3) is 0 Å². The molecule has 0 radical (unpaired) electrons. The number of nitrogens with zero attached hydrogens (tertiary/aromatic N) is 2. The molecule has 124 valence electrons. The molecule has 4 aromatic rings. The van der Waals surface area contributed by atoms with Crippen LogP contribution in [0, 0.1) is 0 Å². The van der Waals surface area contributed by atoms with Gasteiger partial charge in [0.1, 0.15) is 18.2 Å². The minimum Gasteiger partial charge on any atom is -0.492 e. The lowest BCUT2D eigenvalue weighted by Crippen LogP contribution is -2.09. The highest BCUT2D eigenvalue weighted by Crippen LogP contribution is 2.26. The van der Waals surface area contributed by atoms with Gasteiger partial charge in [0, 0.05) is 10.6 Å². The second-order valence-electron chi connectivity index (χ2n) is 5.74. The number of halogens is 1. The molecule has 0 unspecified atom stereocenters. The molecule has 25 heavy (non-hydrogen) atoms. The van der Waals surface area contributed by atoms with Crippen molar-refractivity contribution in [3.8, 4) is 17.1 Å². The van der Waals surface area contributed by atoms with Crippen LogP contribution in [-0.2, 0) is 6.54 Å². The summed E-state index contributed by atoms with van der Waals surface area (Å²) in [4.78, 5) is 4.80. The zero-order valence-electron chi connectivity index (χ0n) is 13.6. The summed E-state index contributed by atoms with van der Waals surface area (Å²) in [5, 5.41) is 0.721. The molecule has 0 fully saturated rings. The van der Waals surface area contributed by atoms with Gasteiger partial charge in [-0.3, -0.25) is 0 Å². The molecular formula is C21H17ClN2O. The smallest absolute Gasteiger partial charge is 0.141 e. The van der Waals surface area contributed by atoms with Gasteiger partial charge in [-0.2, -0.15) is 0 Å². The topological polar surface area (TPSA) is 27.1 Å². The summed E-state index contributed by atoms with van der Waals surface area (Å²) in [7, 11) is 0. The van der Waals surface area contributed by atoms with Gasteiger partial charge in [-0.1, -0.05) is 41.9 Å². The normalized spacial score (nSPS) is 10.9. The van der Waals surface area contributed by atoms with Gasteiger partial charge in [0.2, 0.25) is 0 Å². The molecule has 0 atom stereocenters. The van der Waals surface area contributed by atoms with Crippen molar-refractivity contribution in [2.75, 3.05) is 6.61 Å². The van der Waals surface area contributed by atoms with Gasteiger partial charge < -0.3 is 9.30 Å². The summed E-state index contributed by atoms with van der Waals surface area (Å²) in [6.45, 7) is 1.29. The molecule has 3 nitrogen and oxygen atoms in total. The van der Waals surface area contributed by atoms with E-state index in [1.165, 1.54) is 0 Å². The Labute approximate surface area is 151 Å². The van der Waals surface area contributed by atoms with Crippen LogP contribution in [0.3, 0.4) is 0 Å². The lowest BCUT2D eigenvalue weighted by molar-refractivity contribution is 0.301. The van der Waals surface area contributed by atoms with Gasteiger partial charge in [0.05, 0.1) is 17.6 Å². The Morgan fingerprint density at radius 2 is 1.56 bits per heavy atom. The third kappa shape index (κ3) is 3.37. The van der Waals surface area contributed by atoms with E-state index in [0.29, 0.717) is 13.2 Å². The predicted molar refractivity (Wildman–Crippen MR) is 102 cm³/mol. The maximum atomic E-state index is 6.02. The van der Waals surface area contributed by atoms with E-state index in [1.807, 2.05) is 72.8 Å². The van der Waals surface area contributed by atoms with Crippen LogP contribution in [0.2, 0.25) is 5.02 Å². The Morgan fingerprint density at radius 3 is 2.36 bits per heavy atom. The van der Waals surface area contributed by atoms with Crippen LogP contribution < -0.4 is 4.74 Å². The molecule has 0 aliphatic carbocycles. The minimum atomic E-state index is 0.574. The lowest BCUT2D eigenvalue weighted by atomic mass is 10.2. The number of ether oxygens (including phenoxy) is 1. The van der Waals surface area contributed by atoms with Gasteiger partial charge in [0.15, 0.2) is 0 Å². The number of hydrogen-bond donors (Lipinski definition) is 0. The first-order chi connectivity index (χ1) is 12.3. The molecule has 0 aliphatic rings. The molecular weight excluding hydrogens is 332 g/mol. The number of rotatable bonds is 5. The average molecular weight is 349 g/mol. The van der Waals surface area contributed by atoms with Crippen LogP contribution in [0.1, 0.15) is 0 Å². The molecule has 4 heteroatoms. The SMILES string of the molecule is Clc1ccc(-c2nc3ccccc3n2CCOc2ccccc2)cc1. The first-order valence-electron chi connectivity index (χ1n) is 8.20. The van der Waals surface area contributed by atoms with Gasteiger partial charge in [-0.25, -0.2) is 4.98 Å². The highest BCUT2D eigenvalue weighted by atomic mass is 35.5.